The average Bonchev–Trinajstić information content (AvgIpc) is 3.03. The molecular weight excluding hydrogens is 298 g/mol. The van der Waals surface area contributed by atoms with Gasteiger partial charge in [-0.15, -0.1) is 0 Å². The van der Waals surface area contributed by atoms with Crippen LogP contribution in [0.4, 0.5) is 0 Å². The Bertz CT molecular complexity index is 858. The molecule has 0 atom stereocenters. The highest BCUT2D eigenvalue weighted by Gasteiger charge is 2.12. The largest absolute Gasteiger partial charge is 0.468 e. The average molecular weight is 311 g/mol. The molecular formula is C16H13N3O4. The Hall–Kier alpha value is -3.22. The molecule has 0 aliphatic rings. The second-order valence-corrected chi connectivity index (χ2v) is 4.70. The molecule has 23 heavy (non-hydrogen) atoms. The van der Waals surface area contributed by atoms with E-state index in [1.54, 1.807) is 42.7 Å². The number of pyridine rings is 1. The van der Waals surface area contributed by atoms with Crippen molar-refractivity contribution in [3.05, 3.63) is 48.3 Å². The van der Waals surface area contributed by atoms with Crippen LogP contribution in [0.3, 0.4) is 0 Å². The van der Waals surface area contributed by atoms with E-state index in [-0.39, 0.29) is 12.5 Å². The molecule has 0 saturated carbocycles. The lowest BCUT2D eigenvalue weighted by Crippen LogP contribution is -2.30. The molecule has 2 aromatic heterocycles. The van der Waals surface area contributed by atoms with Crippen molar-refractivity contribution < 1.29 is 18.7 Å². The Morgan fingerprint density at radius 2 is 2.00 bits per heavy atom. The molecule has 0 radical (unpaired) electrons. The van der Waals surface area contributed by atoms with Crippen LogP contribution in [0.5, 0.6) is 0 Å². The number of methoxy groups -OCH3 is 1. The topological polar surface area (TPSA) is 94.3 Å². The van der Waals surface area contributed by atoms with Crippen LogP contribution in [0.25, 0.3) is 22.6 Å². The van der Waals surface area contributed by atoms with Crippen LogP contribution in [0.1, 0.15) is 10.4 Å². The molecule has 0 fully saturated rings. The van der Waals surface area contributed by atoms with Crippen molar-refractivity contribution in [2.45, 2.75) is 0 Å². The van der Waals surface area contributed by atoms with E-state index in [0.29, 0.717) is 22.6 Å². The van der Waals surface area contributed by atoms with Gasteiger partial charge in [0.1, 0.15) is 12.1 Å². The number of oxazole rings is 1. The van der Waals surface area contributed by atoms with Crippen LogP contribution in [0, 0.1) is 0 Å². The standard InChI is InChI=1S/C16H13N3O4/c1-22-14(20)9-18-15(21)11-2-3-12-13(8-11)23-16(19-12)10-4-6-17-7-5-10/h2-8H,9H2,1H3,(H,18,21). The Morgan fingerprint density at radius 3 is 2.74 bits per heavy atom. The van der Waals surface area contributed by atoms with Crippen molar-refractivity contribution in [1.82, 2.24) is 15.3 Å². The Kier molecular flexibility index (Phi) is 4.01. The van der Waals surface area contributed by atoms with Crippen LogP contribution in [0.15, 0.2) is 47.1 Å². The van der Waals surface area contributed by atoms with Crippen molar-refractivity contribution >= 4 is 23.0 Å². The maximum atomic E-state index is 12.0. The molecule has 0 bridgehead atoms. The molecule has 0 aliphatic carbocycles. The van der Waals surface area contributed by atoms with Crippen LogP contribution in [0.2, 0.25) is 0 Å². The van der Waals surface area contributed by atoms with Gasteiger partial charge in [-0.1, -0.05) is 0 Å². The van der Waals surface area contributed by atoms with Crippen LogP contribution in [-0.2, 0) is 9.53 Å². The predicted octanol–water partition coefficient (Wildman–Crippen LogP) is 1.79. The third-order valence-electron chi connectivity index (χ3n) is 3.20. The molecule has 116 valence electrons. The highest BCUT2D eigenvalue weighted by Crippen LogP contribution is 2.24. The molecule has 0 saturated heterocycles. The first kappa shape index (κ1) is 14.7. The first-order valence-electron chi connectivity index (χ1n) is 6.83. The molecule has 0 aliphatic heterocycles. The van der Waals surface area contributed by atoms with E-state index < -0.39 is 5.97 Å². The van der Waals surface area contributed by atoms with E-state index in [0.717, 1.165) is 5.56 Å². The number of hydrogen-bond acceptors (Lipinski definition) is 6. The maximum Gasteiger partial charge on any atom is 0.325 e. The minimum Gasteiger partial charge on any atom is -0.468 e. The molecule has 0 spiro atoms. The van der Waals surface area contributed by atoms with Crippen LogP contribution < -0.4 is 5.32 Å². The quantitative estimate of drug-likeness (QED) is 0.738. The third kappa shape index (κ3) is 3.18. The van der Waals surface area contributed by atoms with Gasteiger partial charge in [-0.2, -0.15) is 0 Å². The molecule has 1 amide bonds. The fraction of sp³-hybridized carbons (Fsp3) is 0.125. The predicted molar refractivity (Wildman–Crippen MR) is 81.6 cm³/mol. The molecule has 7 nitrogen and oxygen atoms in total. The number of carbonyl (C=O) groups excluding carboxylic acids is 2. The first-order valence-corrected chi connectivity index (χ1v) is 6.83. The summed E-state index contributed by atoms with van der Waals surface area (Å²) in [5.41, 5.74) is 2.30. The van der Waals surface area contributed by atoms with Gasteiger partial charge in [0.05, 0.1) is 7.11 Å². The smallest absolute Gasteiger partial charge is 0.325 e. The van der Waals surface area contributed by atoms with Crippen LogP contribution in [-0.4, -0.2) is 35.5 Å². The second kappa shape index (κ2) is 6.27. The number of nitrogens with one attached hydrogen (secondary N) is 1. The van der Waals surface area contributed by atoms with Gasteiger partial charge in [0.2, 0.25) is 5.89 Å². The highest BCUT2D eigenvalue weighted by molar-refractivity contribution is 5.98. The summed E-state index contributed by atoms with van der Waals surface area (Å²) < 4.78 is 10.2. The van der Waals surface area contributed by atoms with Crippen LogP contribution >= 0.6 is 0 Å². The van der Waals surface area contributed by atoms with Crippen molar-refractivity contribution in [2.24, 2.45) is 0 Å². The fourth-order valence-electron chi connectivity index (χ4n) is 2.01. The Morgan fingerprint density at radius 1 is 1.22 bits per heavy atom. The fourth-order valence-corrected chi connectivity index (χ4v) is 2.01. The van der Waals surface area contributed by atoms with Gasteiger partial charge in [0.25, 0.3) is 5.91 Å². The van der Waals surface area contributed by atoms with Gasteiger partial charge in [0, 0.05) is 23.5 Å². The van der Waals surface area contributed by atoms with Crippen molar-refractivity contribution in [3.8, 4) is 11.5 Å². The monoisotopic (exact) mass is 311 g/mol. The molecule has 1 aromatic carbocycles. The number of nitrogens with zero attached hydrogens (tertiary/aromatic N) is 2. The summed E-state index contributed by atoms with van der Waals surface area (Å²) in [5, 5.41) is 2.47. The molecule has 0 unspecified atom stereocenters. The lowest BCUT2D eigenvalue weighted by molar-refractivity contribution is -0.139. The normalized spacial score (nSPS) is 10.5. The summed E-state index contributed by atoms with van der Waals surface area (Å²) in [7, 11) is 1.26. The minimum atomic E-state index is -0.515. The van der Waals surface area contributed by atoms with Gasteiger partial charge in [0.15, 0.2) is 5.58 Å². The Balaban J connectivity index is 1.85. The molecule has 3 aromatic rings. The van der Waals surface area contributed by atoms with E-state index in [9.17, 15) is 9.59 Å². The number of rotatable bonds is 4. The zero-order valence-electron chi connectivity index (χ0n) is 12.3. The number of esters is 1. The maximum absolute atomic E-state index is 12.0. The van der Waals surface area contributed by atoms with Crippen molar-refractivity contribution in [3.63, 3.8) is 0 Å². The number of benzene rings is 1. The molecule has 1 N–H and O–H groups in total. The van der Waals surface area contributed by atoms with Gasteiger partial charge < -0.3 is 14.5 Å². The molecule has 7 heteroatoms. The Labute approximate surface area is 131 Å². The number of amides is 1. The molecule has 2 heterocycles. The first-order chi connectivity index (χ1) is 11.2. The van der Waals surface area contributed by atoms with E-state index in [1.165, 1.54) is 7.11 Å². The number of fused-ring (bicyclic) bond motifs is 1. The van der Waals surface area contributed by atoms with E-state index in [1.807, 2.05) is 0 Å². The molecule has 3 rings (SSSR count). The van der Waals surface area contributed by atoms with Gasteiger partial charge in [-0.3, -0.25) is 14.6 Å². The lowest BCUT2D eigenvalue weighted by atomic mass is 10.2. The minimum absolute atomic E-state index is 0.188. The van der Waals surface area contributed by atoms with Crippen molar-refractivity contribution in [2.75, 3.05) is 13.7 Å². The summed E-state index contributed by atoms with van der Waals surface area (Å²) in [4.78, 5) is 31.4. The van der Waals surface area contributed by atoms with Gasteiger partial charge >= 0.3 is 5.97 Å². The van der Waals surface area contributed by atoms with Gasteiger partial charge in [-0.25, -0.2) is 4.98 Å². The zero-order valence-corrected chi connectivity index (χ0v) is 12.3. The summed E-state index contributed by atoms with van der Waals surface area (Å²) in [6.45, 7) is -0.188. The lowest BCUT2D eigenvalue weighted by Gasteiger charge is -2.03. The van der Waals surface area contributed by atoms with E-state index in [2.05, 4.69) is 20.0 Å². The van der Waals surface area contributed by atoms with Gasteiger partial charge in [-0.05, 0) is 30.3 Å². The number of carbonyl (C=O) groups is 2. The number of hydrogen-bond donors (Lipinski definition) is 1. The highest BCUT2D eigenvalue weighted by atomic mass is 16.5. The van der Waals surface area contributed by atoms with E-state index in [4.69, 9.17) is 4.42 Å². The zero-order chi connectivity index (χ0) is 16.2. The van der Waals surface area contributed by atoms with Crippen molar-refractivity contribution in [1.29, 1.82) is 0 Å². The number of ether oxygens (including phenoxy) is 1. The summed E-state index contributed by atoms with van der Waals surface area (Å²) in [5.74, 6) is -0.451. The summed E-state index contributed by atoms with van der Waals surface area (Å²) in [6, 6.07) is 8.47. The summed E-state index contributed by atoms with van der Waals surface area (Å²) in [6.07, 6.45) is 3.30. The third-order valence-corrected chi connectivity index (χ3v) is 3.20. The summed E-state index contributed by atoms with van der Waals surface area (Å²) >= 11 is 0. The second-order valence-electron chi connectivity index (χ2n) is 4.70. The number of aromatic nitrogens is 2. The van der Waals surface area contributed by atoms with E-state index >= 15 is 0 Å². The SMILES string of the molecule is COC(=O)CNC(=O)c1ccc2nc(-c3ccncc3)oc2c1.